The van der Waals surface area contributed by atoms with Crippen LogP contribution in [0.15, 0.2) is 52.4 Å². The standard InChI is InChI=1S/C30H42Cl2N10O4/c1-16(2)11-24(28(46)41-23(25(33)43)14-17-5-3-6-19(31)12-17)42-27(45)22(7-4-10-38-29(34)35)40-26(44)20-9-8-18(13-21(20)32)15-39-30(36)37/h3,5-6,8-9,12-13,16,22-24H,4,7,10-11,14-15H2,1-2H3,(H2,33,43)(H,40,44)(H,41,46)(H,42,45)(H4,34,35,38)(H4,36,37,39)/t22-,23-,24-/m0/s1. The van der Waals surface area contributed by atoms with E-state index in [1.54, 1.807) is 30.3 Å². The summed E-state index contributed by atoms with van der Waals surface area (Å²) < 4.78 is 0. The van der Waals surface area contributed by atoms with Crippen LogP contribution in [-0.4, -0.2) is 60.2 Å². The zero-order valence-corrected chi connectivity index (χ0v) is 27.3. The number of carbonyl (C=O) groups excluding carboxylic acids is 4. The van der Waals surface area contributed by atoms with Gasteiger partial charge in [-0.3, -0.25) is 24.2 Å². The van der Waals surface area contributed by atoms with E-state index in [1.807, 2.05) is 13.8 Å². The molecular formula is C30H42Cl2N10O4. The van der Waals surface area contributed by atoms with E-state index in [1.165, 1.54) is 12.1 Å². The molecule has 0 unspecified atom stereocenters. The number of carbonyl (C=O) groups is 4. The number of amides is 4. The minimum atomic E-state index is -1.10. The molecule has 46 heavy (non-hydrogen) atoms. The summed E-state index contributed by atoms with van der Waals surface area (Å²) in [6, 6.07) is 8.26. The molecule has 0 saturated heterocycles. The maximum Gasteiger partial charge on any atom is 0.253 e. The summed E-state index contributed by atoms with van der Waals surface area (Å²) in [5.74, 6) is -2.87. The molecule has 250 valence electrons. The van der Waals surface area contributed by atoms with E-state index < -0.39 is 41.8 Å². The molecule has 4 amide bonds. The molecule has 3 atom stereocenters. The lowest BCUT2D eigenvalue weighted by Crippen LogP contribution is -2.57. The van der Waals surface area contributed by atoms with Gasteiger partial charge in [-0.1, -0.05) is 55.2 Å². The lowest BCUT2D eigenvalue weighted by Gasteiger charge is -2.26. The van der Waals surface area contributed by atoms with Gasteiger partial charge in [0.2, 0.25) is 17.7 Å². The lowest BCUT2D eigenvalue weighted by atomic mass is 10.00. The number of rotatable bonds is 17. The third kappa shape index (κ3) is 13.2. The van der Waals surface area contributed by atoms with Crippen LogP contribution in [-0.2, 0) is 27.3 Å². The van der Waals surface area contributed by atoms with Crippen molar-refractivity contribution in [1.82, 2.24) is 16.0 Å². The van der Waals surface area contributed by atoms with Gasteiger partial charge in [0.15, 0.2) is 11.9 Å². The van der Waals surface area contributed by atoms with Crippen molar-refractivity contribution in [3.05, 3.63) is 69.2 Å². The second-order valence-corrected chi connectivity index (χ2v) is 11.9. The predicted octanol–water partition coefficient (Wildman–Crippen LogP) is 0.663. The Morgan fingerprint density at radius 3 is 2.02 bits per heavy atom. The van der Waals surface area contributed by atoms with Crippen LogP contribution >= 0.6 is 23.2 Å². The number of aliphatic imine (C=N–C) groups is 2. The Labute approximate surface area is 277 Å². The van der Waals surface area contributed by atoms with Crippen LogP contribution in [0.3, 0.4) is 0 Å². The van der Waals surface area contributed by atoms with E-state index in [-0.39, 0.29) is 60.8 Å². The molecule has 0 fully saturated rings. The minimum absolute atomic E-state index is 0.0257. The van der Waals surface area contributed by atoms with Gasteiger partial charge in [0.1, 0.15) is 18.1 Å². The highest BCUT2D eigenvalue weighted by atomic mass is 35.5. The fourth-order valence-electron chi connectivity index (χ4n) is 4.40. The number of hydrogen-bond donors (Lipinski definition) is 8. The Morgan fingerprint density at radius 1 is 0.783 bits per heavy atom. The molecule has 0 heterocycles. The normalized spacial score (nSPS) is 12.7. The summed E-state index contributed by atoms with van der Waals surface area (Å²) in [7, 11) is 0. The Morgan fingerprint density at radius 2 is 1.43 bits per heavy atom. The van der Waals surface area contributed by atoms with E-state index in [0.29, 0.717) is 22.6 Å². The Balaban J connectivity index is 2.26. The van der Waals surface area contributed by atoms with Gasteiger partial charge in [0.05, 0.1) is 17.1 Å². The molecule has 0 aliphatic heterocycles. The summed E-state index contributed by atoms with van der Waals surface area (Å²) in [6.45, 7) is 4.10. The maximum absolute atomic E-state index is 13.6. The van der Waals surface area contributed by atoms with Gasteiger partial charge in [-0.05, 0) is 60.6 Å². The second-order valence-electron chi connectivity index (χ2n) is 11.0. The summed E-state index contributed by atoms with van der Waals surface area (Å²) in [5.41, 5.74) is 28.6. The Kier molecular flexibility index (Phi) is 15.1. The van der Waals surface area contributed by atoms with Crippen molar-refractivity contribution < 1.29 is 19.2 Å². The topological polar surface area (TPSA) is 259 Å². The molecule has 2 aromatic carbocycles. The minimum Gasteiger partial charge on any atom is -0.370 e. The Hall–Kier alpha value is -4.56. The first-order chi connectivity index (χ1) is 21.7. The summed E-state index contributed by atoms with van der Waals surface area (Å²) in [5, 5.41) is 8.66. The average molecular weight is 678 g/mol. The van der Waals surface area contributed by atoms with Crippen molar-refractivity contribution in [2.24, 2.45) is 44.6 Å². The number of primary amides is 1. The number of guanidine groups is 2. The number of nitrogens with two attached hydrogens (primary N) is 5. The number of nitrogens with one attached hydrogen (secondary N) is 3. The quantitative estimate of drug-likeness (QED) is 0.0669. The first kappa shape index (κ1) is 37.6. The highest BCUT2D eigenvalue weighted by Crippen LogP contribution is 2.19. The molecule has 0 bridgehead atoms. The molecule has 0 aromatic heterocycles. The molecule has 2 rings (SSSR count). The van der Waals surface area contributed by atoms with Crippen LogP contribution in [0.25, 0.3) is 0 Å². The SMILES string of the molecule is CC(C)C[C@H](NC(=O)[C@H](CCCN=C(N)N)NC(=O)c1ccc(CN=C(N)N)cc1Cl)C(=O)N[C@@H](Cc1cccc(Cl)c1)C(N)=O. The largest absolute Gasteiger partial charge is 0.370 e. The zero-order valence-electron chi connectivity index (χ0n) is 25.8. The van der Waals surface area contributed by atoms with Crippen molar-refractivity contribution in [3.8, 4) is 0 Å². The molecule has 0 aliphatic rings. The number of hydrogen-bond acceptors (Lipinski definition) is 6. The van der Waals surface area contributed by atoms with E-state index in [9.17, 15) is 19.2 Å². The van der Waals surface area contributed by atoms with Crippen molar-refractivity contribution >= 4 is 58.7 Å². The first-order valence-electron chi connectivity index (χ1n) is 14.5. The highest BCUT2D eigenvalue weighted by molar-refractivity contribution is 6.34. The molecule has 14 nitrogen and oxygen atoms in total. The van der Waals surface area contributed by atoms with Crippen LogP contribution < -0.4 is 44.6 Å². The summed E-state index contributed by atoms with van der Waals surface area (Å²) in [4.78, 5) is 60.4. The smallest absolute Gasteiger partial charge is 0.253 e. The van der Waals surface area contributed by atoms with Gasteiger partial charge in [0, 0.05) is 18.0 Å². The van der Waals surface area contributed by atoms with Gasteiger partial charge in [-0.15, -0.1) is 0 Å². The summed E-state index contributed by atoms with van der Waals surface area (Å²) >= 11 is 12.4. The van der Waals surface area contributed by atoms with Gasteiger partial charge in [-0.2, -0.15) is 0 Å². The Bertz CT molecular complexity index is 1440. The van der Waals surface area contributed by atoms with Crippen molar-refractivity contribution in [3.63, 3.8) is 0 Å². The molecule has 0 radical (unpaired) electrons. The van der Waals surface area contributed by atoms with Crippen LogP contribution in [0, 0.1) is 5.92 Å². The molecule has 16 heteroatoms. The second kappa shape index (κ2) is 18.4. The summed E-state index contributed by atoms with van der Waals surface area (Å²) in [6.07, 6.45) is 0.784. The fourth-order valence-corrected chi connectivity index (χ4v) is 4.90. The lowest BCUT2D eigenvalue weighted by molar-refractivity contribution is -0.132. The molecule has 0 saturated carbocycles. The monoisotopic (exact) mass is 676 g/mol. The molecular weight excluding hydrogens is 635 g/mol. The van der Waals surface area contributed by atoms with Gasteiger partial charge in [0.25, 0.3) is 5.91 Å². The van der Waals surface area contributed by atoms with Gasteiger partial charge < -0.3 is 44.6 Å². The van der Waals surface area contributed by atoms with Gasteiger partial charge >= 0.3 is 0 Å². The molecule has 0 spiro atoms. The number of halogens is 2. The third-order valence-electron chi connectivity index (χ3n) is 6.62. The van der Waals surface area contributed by atoms with Gasteiger partial charge in [-0.25, -0.2) is 4.99 Å². The van der Waals surface area contributed by atoms with E-state index in [2.05, 4.69) is 25.9 Å². The molecule has 0 aliphatic carbocycles. The zero-order chi connectivity index (χ0) is 34.4. The van der Waals surface area contributed by atoms with E-state index in [0.717, 1.165) is 0 Å². The fraction of sp³-hybridized carbons (Fsp3) is 0.400. The first-order valence-corrected chi connectivity index (χ1v) is 15.3. The van der Waals surface area contributed by atoms with Crippen molar-refractivity contribution in [2.45, 2.75) is 64.2 Å². The predicted molar refractivity (Wildman–Crippen MR) is 180 cm³/mol. The van der Waals surface area contributed by atoms with E-state index in [4.69, 9.17) is 51.9 Å². The van der Waals surface area contributed by atoms with Crippen LogP contribution in [0.1, 0.15) is 54.6 Å². The van der Waals surface area contributed by atoms with Crippen LogP contribution in [0.5, 0.6) is 0 Å². The molecule has 2 aromatic rings. The van der Waals surface area contributed by atoms with Crippen LogP contribution in [0.4, 0.5) is 0 Å². The average Bonchev–Trinajstić information content (AvgIpc) is 2.96. The maximum atomic E-state index is 13.6. The number of benzene rings is 2. The number of nitrogens with zero attached hydrogens (tertiary/aromatic N) is 2. The van der Waals surface area contributed by atoms with Crippen molar-refractivity contribution in [2.75, 3.05) is 6.54 Å². The van der Waals surface area contributed by atoms with Crippen LogP contribution in [0.2, 0.25) is 10.0 Å². The highest BCUT2D eigenvalue weighted by Gasteiger charge is 2.30. The van der Waals surface area contributed by atoms with E-state index >= 15 is 0 Å². The third-order valence-corrected chi connectivity index (χ3v) is 7.17. The molecule has 13 N–H and O–H groups in total. The van der Waals surface area contributed by atoms with Crippen molar-refractivity contribution in [1.29, 1.82) is 0 Å².